The second-order valence-electron chi connectivity index (χ2n) is 10.8. The molecule has 0 bridgehead atoms. The smallest absolute Gasteiger partial charge is 0.407 e. The lowest BCUT2D eigenvalue weighted by Gasteiger charge is -2.21. The minimum Gasteiger partial charge on any atom is -0.444 e. The predicted molar refractivity (Wildman–Crippen MR) is 165 cm³/mol. The molecule has 1 aliphatic heterocycles. The van der Waals surface area contributed by atoms with Crippen LogP contribution < -0.4 is 16.0 Å². The number of nitrogens with zero attached hydrogens (tertiary/aromatic N) is 1. The van der Waals surface area contributed by atoms with Gasteiger partial charge in [-0.05, 0) is 56.2 Å². The molecule has 3 aromatic carbocycles. The number of anilines is 2. The average Bonchev–Trinajstić information content (AvgIpc) is 3.23. The van der Waals surface area contributed by atoms with Crippen LogP contribution in [0, 0.1) is 0 Å². The zero-order chi connectivity index (χ0) is 28.9. The van der Waals surface area contributed by atoms with Crippen molar-refractivity contribution in [2.45, 2.75) is 64.1 Å². The maximum absolute atomic E-state index is 13.6. The van der Waals surface area contributed by atoms with Gasteiger partial charge in [-0.2, -0.15) is 4.58 Å². The topological polar surface area (TPSA) is 82.5 Å². The van der Waals surface area contributed by atoms with E-state index >= 15 is 0 Å². The minimum absolute atomic E-state index is 0.0831. The molecule has 3 N–H and O–H groups in total. The standard InChI is InChI=1S/C31H35ClN4O3S/c1-20-13-16-27(40)36(20)26-15-14-24(18-25(26)32)35-29(37)28(22-10-6-5-7-11-22)34-23-12-8-9-21(17-23)19-33-30(38)39-31(2,3)4/h5-12,14-15,17-18,27-28,34H,13,16,19H2,1-4H3,(H2-,33,35,37,38,40)/p+1/t27-,28+/m1/s1. The second kappa shape index (κ2) is 12.8. The van der Waals surface area contributed by atoms with E-state index in [1.165, 1.54) is 5.71 Å². The Bertz CT molecular complexity index is 1410. The zero-order valence-corrected chi connectivity index (χ0v) is 24.9. The van der Waals surface area contributed by atoms with Gasteiger partial charge in [-0.3, -0.25) is 4.79 Å². The molecule has 7 nitrogen and oxygen atoms in total. The van der Waals surface area contributed by atoms with Crippen molar-refractivity contribution >= 4 is 59.0 Å². The third-order valence-electron chi connectivity index (χ3n) is 6.42. The number of benzene rings is 3. The number of carbonyl (C=O) groups excluding carboxylic acids is 2. The van der Waals surface area contributed by atoms with Gasteiger partial charge in [0.1, 0.15) is 16.7 Å². The van der Waals surface area contributed by atoms with Crippen LogP contribution in [0.2, 0.25) is 5.02 Å². The van der Waals surface area contributed by atoms with E-state index in [4.69, 9.17) is 16.3 Å². The summed E-state index contributed by atoms with van der Waals surface area (Å²) in [6.45, 7) is 7.83. The van der Waals surface area contributed by atoms with E-state index in [2.05, 4.69) is 40.1 Å². The number of thiol groups is 1. The van der Waals surface area contributed by atoms with Gasteiger partial charge in [0.2, 0.25) is 11.1 Å². The van der Waals surface area contributed by atoms with Gasteiger partial charge < -0.3 is 20.7 Å². The maximum atomic E-state index is 13.6. The molecular weight excluding hydrogens is 544 g/mol. The Morgan fingerprint density at radius 2 is 1.80 bits per heavy atom. The normalized spacial score (nSPS) is 15.9. The number of hydrogen-bond donors (Lipinski definition) is 4. The molecule has 1 heterocycles. The van der Waals surface area contributed by atoms with Crippen LogP contribution in [0.3, 0.4) is 0 Å². The van der Waals surface area contributed by atoms with E-state index in [-0.39, 0.29) is 11.3 Å². The average molecular weight is 580 g/mol. The van der Waals surface area contributed by atoms with Gasteiger partial charge in [-0.25, -0.2) is 4.79 Å². The number of nitrogens with one attached hydrogen (secondary N) is 3. The van der Waals surface area contributed by atoms with E-state index in [1.807, 2.05) is 87.5 Å². The Kier molecular flexibility index (Phi) is 9.43. The molecule has 0 spiro atoms. The molecule has 0 aromatic heterocycles. The molecule has 0 unspecified atom stereocenters. The van der Waals surface area contributed by atoms with Crippen LogP contribution in [0.25, 0.3) is 0 Å². The number of halogens is 1. The van der Waals surface area contributed by atoms with Crippen molar-refractivity contribution in [3.63, 3.8) is 0 Å². The van der Waals surface area contributed by atoms with Crippen molar-refractivity contribution in [2.24, 2.45) is 0 Å². The molecule has 9 heteroatoms. The fraction of sp³-hybridized carbons (Fsp3) is 0.323. The summed E-state index contributed by atoms with van der Waals surface area (Å²) in [7, 11) is 0. The Morgan fingerprint density at radius 1 is 1.05 bits per heavy atom. The van der Waals surface area contributed by atoms with Gasteiger partial charge in [-0.1, -0.05) is 54.1 Å². The quantitative estimate of drug-likeness (QED) is 0.167. The first kappa shape index (κ1) is 29.5. The zero-order valence-electron chi connectivity index (χ0n) is 23.2. The van der Waals surface area contributed by atoms with Gasteiger partial charge in [0.25, 0.3) is 5.91 Å². The Morgan fingerprint density at radius 3 is 2.45 bits per heavy atom. The first-order valence-electron chi connectivity index (χ1n) is 13.3. The van der Waals surface area contributed by atoms with Crippen molar-refractivity contribution in [1.82, 2.24) is 5.32 Å². The molecule has 3 aromatic rings. The number of amides is 2. The first-order chi connectivity index (χ1) is 19.0. The maximum Gasteiger partial charge on any atom is 0.407 e. The third kappa shape index (κ3) is 7.79. The van der Waals surface area contributed by atoms with Gasteiger partial charge in [0, 0.05) is 43.8 Å². The number of carbonyl (C=O) groups is 2. The lowest BCUT2D eigenvalue weighted by molar-refractivity contribution is -0.446. The number of alkyl carbamates (subject to hydrolysis) is 1. The summed E-state index contributed by atoms with van der Waals surface area (Å²) in [5, 5.41) is 9.77. The van der Waals surface area contributed by atoms with Crippen LogP contribution in [0.1, 0.15) is 57.7 Å². The van der Waals surface area contributed by atoms with Crippen LogP contribution >= 0.6 is 24.2 Å². The summed E-state index contributed by atoms with van der Waals surface area (Å²) in [5.74, 6) is -0.233. The summed E-state index contributed by atoms with van der Waals surface area (Å²) >= 11 is 11.3. The van der Waals surface area contributed by atoms with Crippen molar-refractivity contribution < 1.29 is 18.9 Å². The molecule has 0 saturated heterocycles. The van der Waals surface area contributed by atoms with E-state index in [0.29, 0.717) is 17.3 Å². The summed E-state index contributed by atoms with van der Waals surface area (Å²) in [6.07, 6.45) is 1.46. The molecule has 2 atom stereocenters. The Balaban J connectivity index is 1.50. The Hall–Kier alpha value is -3.49. The summed E-state index contributed by atoms with van der Waals surface area (Å²) in [5.41, 5.74) is 4.53. The largest absolute Gasteiger partial charge is 0.444 e. The van der Waals surface area contributed by atoms with Crippen LogP contribution in [-0.4, -0.2) is 33.3 Å². The number of ether oxygens (including phenoxy) is 1. The highest BCUT2D eigenvalue weighted by molar-refractivity contribution is 7.80. The molecule has 2 amide bonds. The van der Waals surface area contributed by atoms with Crippen molar-refractivity contribution in [1.29, 1.82) is 0 Å². The summed E-state index contributed by atoms with van der Waals surface area (Å²) in [4.78, 5) is 25.7. The lowest BCUT2D eigenvalue weighted by Crippen LogP contribution is -2.32. The Labute approximate surface area is 246 Å². The van der Waals surface area contributed by atoms with Gasteiger partial charge in [0.15, 0.2) is 5.71 Å². The third-order valence-corrected chi connectivity index (χ3v) is 7.21. The summed E-state index contributed by atoms with van der Waals surface area (Å²) < 4.78 is 7.45. The van der Waals surface area contributed by atoms with Crippen molar-refractivity contribution in [3.05, 3.63) is 88.9 Å². The van der Waals surface area contributed by atoms with Crippen LogP contribution in [-0.2, 0) is 16.1 Å². The summed E-state index contributed by atoms with van der Waals surface area (Å²) in [6, 6.07) is 21.9. The molecule has 0 fully saturated rings. The second-order valence-corrected chi connectivity index (χ2v) is 11.8. The van der Waals surface area contributed by atoms with Gasteiger partial charge in [-0.15, -0.1) is 12.6 Å². The van der Waals surface area contributed by atoms with E-state index < -0.39 is 17.7 Å². The predicted octanol–water partition coefficient (Wildman–Crippen LogP) is 7.31. The van der Waals surface area contributed by atoms with Gasteiger partial charge >= 0.3 is 6.09 Å². The molecule has 40 heavy (non-hydrogen) atoms. The molecule has 4 rings (SSSR count). The molecule has 1 aliphatic rings. The molecule has 0 saturated carbocycles. The van der Waals surface area contributed by atoms with E-state index in [0.717, 1.165) is 35.3 Å². The van der Waals surface area contributed by atoms with E-state index in [1.54, 1.807) is 6.07 Å². The van der Waals surface area contributed by atoms with Crippen molar-refractivity contribution in [2.75, 3.05) is 10.6 Å². The van der Waals surface area contributed by atoms with E-state index in [9.17, 15) is 9.59 Å². The number of hydrogen-bond acceptors (Lipinski definition) is 5. The fourth-order valence-electron chi connectivity index (χ4n) is 4.57. The van der Waals surface area contributed by atoms with Gasteiger partial charge in [0.05, 0.1) is 0 Å². The molecule has 0 radical (unpaired) electrons. The first-order valence-corrected chi connectivity index (χ1v) is 14.2. The van der Waals surface area contributed by atoms with Crippen LogP contribution in [0.4, 0.5) is 21.9 Å². The monoisotopic (exact) mass is 579 g/mol. The minimum atomic E-state index is -0.676. The fourth-order valence-corrected chi connectivity index (χ4v) is 5.30. The molecule has 210 valence electrons. The highest BCUT2D eigenvalue weighted by Crippen LogP contribution is 2.34. The highest BCUT2D eigenvalue weighted by Gasteiger charge is 2.31. The number of rotatable bonds is 8. The lowest BCUT2D eigenvalue weighted by atomic mass is 10.0. The van der Waals surface area contributed by atoms with Crippen LogP contribution in [0.5, 0.6) is 0 Å². The SMILES string of the molecule is CC1=[N+](c2ccc(NC(=O)[C@@H](Nc3cccc(CNC(=O)OC(C)(C)C)c3)c3ccccc3)cc2Cl)[C@H](S)CC1. The highest BCUT2D eigenvalue weighted by atomic mass is 35.5. The molecular formula is C31H36ClN4O3S+. The van der Waals surface area contributed by atoms with Crippen LogP contribution in [0.15, 0.2) is 72.8 Å². The molecule has 0 aliphatic carbocycles. The van der Waals surface area contributed by atoms with Crippen molar-refractivity contribution in [3.8, 4) is 0 Å².